The number of hydrogen-bond acceptors (Lipinski definition) is 7. The van der Waals surface area contributed by atoms with Gasteiger partial charge in [-0.2, -0.15) is 0 Å². The van der Waals surface area contributed by atoms with Crippen molar-refractivity contribution in [3.63, 3.8) is 0 Å². The molecule has 0 unspecified atom stereocenters. The third kappa shape index (κ3) is 2.28. The summed E-state index contributed by atoms with van der Waals surface area (Å²) in [5, 5.41) is 10.3. The number of ether oxygens (including phenoxy) is 4. The van der Waals surface area contributed by atoms with Crippen LogP contribution in [0.5, 0.6) is 0 Å². The third-order valence-electron chi connectivity index (χ3n) is 11.4. The molecule has 3 heterocycles. The molecule has 0 amide bonds. The molecule has 12 atom stereocenters. The molecular weight excluding hydrogens is 424 g/mol. The monoisotopic (exact) mass is 458 g/mol. The molecule has 7 nitrogen and oxygen atoms in total. The van der Waals surface area contributed by atoms with Crippen LogP contribution in [0.2, 0.25) is 0 Å². The summed E-state index contributed by atoms with van der Waals surface area (Å²) in [4.78, 5) is 25.0. The summed E-state index contributed by atoms with van der Waals surface area (Å²) in [6.45, 7) is 4.73. The molecule has 0 radical (unpaired) electrons. The van der Waals surface area contributed by atoms with Gasteiger partial charge in [-0.25, -0.2) is 4.79 Å². The van der Waals surface area contributed by atoms with Crippen molar-refractivity contribution in [2.75, 3.05) is 7.11 Å². The van der Waals surface area contributed by atoms with E-state index in [0.29, 0.717) is 17.8 Å². The van der Waals surface area contributed by atoms with Crippen molar-refractivity contribution in [1.82, 2.24) is 0 Å². The van der Waals surface area contributed by atoms with E-state index >= 15 is 0 Å². The number of aliphatic hydroxyl groups excluding tert-OH is 1. The van der Waals surface area contributed by atoms with Gasteiger partial charge in [0.15, 0.2) is 5.60 Å². The van der Waals surface area contributed by atoms with E-state index in [4.69, 9.17) is 18.9 Å². The van der Waals surface area contributed by atoms with Crippen molar-refractivity contribution in [2.24, 2.45) is 40.4 Å². The Kier molecular flexibility index (Phi) is 3.93. The van der Waals surface area contributed by atoms with Gasteiger partial charge >= 0.3 is 11.9 Å². The van der Waals surface area contributed by atoms with Crippen LogP contribution in [-0.4, -0.2) is 53.9 Å². The van der Waals surface area contributed by atoms with E-state index < -0.39 is 23.8 Å². The fourth-order valence-electron chi connectivity index (χ4n) is 9.96. The highest BCUT2D eigenvalue weighted by molar-refractivity contribution is 5.84. The summed E-state index contributed by atoms with van der Waals surface area (Å²) < 4.78 is 23.5. The summed E-state index contributed by atoms with van der Waals surface area (Å²) in [6.07, 6.45) is 9.41. The molecule has 7 aliphatic rings. The van der Waals surface area contributed by atoms with Gasteiger partial charge in [0, 0.05) is 17.4 Å². The summed E-state index contributed by atoms with van der Waals surface area (Å²) in [7, 11) is 1.45. The van der Waals surface area contributed by atoms with Gasteiger partial charge < -0.3 is 24.1 Å². The number of rotatable bonds is 2. The fourth-order valence-corrected chi connectivity index (χ4v) is 9.96. The smallest absolute Gasteiger partial charge is 0.332 e. The number of carbonyl (C=O) groups is 2. The summed E-state index contributed by atoms with van der Waals surface area (Å²) >= 11 is 0. The minimum absolute atomic E-state index is 0.148. The van der Waals surface area contributed by atoms with Crippen LogP contribution in [0.1, 0.15) is 58.8 Å². The van der Waals surface area contributed by atoms with Crippen LogP contribution < -0.4 is 0 Å². The van der Waals surface area contributed by atoms with Gasteiger partial charge in [0.1, 0.15) is 11.7 Å². The van der Waals surface area contributed by atoms with E-state index in [-0.39, 0.29) is 40.5 Å². The Morgan fingerprint density at radius 3 is 2.70 bits per heavy atom. The van der Waals surface area contributed by atoms with Gasteiger partial charge in [-0.3, -0.25) is 4.79 Å². The van der Waals surface area contributed by atoms with Crippen LogP contribution in [0.4, 0.5) is 0 Å². The first-order valence-electron chi connectivity index (χ1n) is 12.7. The summed E-state index contributed by atoms with van der Waals surface area (Å²) in [5.74, 6) is 0.268. The first-order valence-corrected chi connectivity index (χ1v) is 12.7. The zero-order chi connectivity index (χ0) is 23.0. The minimum Gasteiger partial charge on any atom is -0.469 e. The van der Waals surface area contributed by atoms with Crippen molar-refractivity contribution in [3.05, 3.63) is 12.2 Å². The van der Waals surface area contributed by atoms with Crippen molar-refractivity contribution in [2.45, 2.75) is 88.5 Å². The van der Waals surface area contributed by atoms with Gasteiger partial charge in [-0.1, -0.05) is 13.8 Å². The Balaban J connectivity index is 1.30. The molecule has 4 saturated carbocycles. The van der Waals surface area contributed by atoms with Crippen LogP contribution in [-0.2, 0) is 28.5 Å². The van der Waals surface area contributed by atoms with Crippen LogP contribution in [0.3, 0.4) is 0 Å². The maximum atomic E-state index is 13.2. The Labute approximate surface area is 194 Å². The average molecular weight is 459 g/mol. The minimum atomic E-state index is -0.756. The zero-order valence-corrected chi connectivity index (χ0v) is 19.6. The van der Waals surface area contributed by atoms with E-state index in [9.17, 15) is 14.7 Å². The fraction of sp³-hybridized carbons (Fsp3) is 0.846. The first-order chi connectivity index (χ1) is 15.7. The highest BCUT2D eigenvalue weighted by Gasteiger charge is 2.89. The van der Waals surface area contributed by atoms with Crippen LogP contribution in [0.25, 0.3) is 0 Å². The molecule has 0 bridgehead atoms. The zero-order valence-electron chi connectivity index (χ0n) is 19.6. The molecular formula is C26H34O7. The second kappa shape index (κ2) is 6.21. The van der Waals surface area contributed by atoms with Gasteiger partial charge in [0.2, 0.25) is 6.29 Å². The molecule has 0 aromatic heterocycles. The molecule has 2 saturated heterocycles. The highest BCUT2D eigenvalue weighted by atomic mass is 16.8. The molecule has 1 N–H and O–H groups in total. The standard InChI is InChI=1S/C26H34O7/c1-23-9-6-14(27)12-13(23)4-5-16-15(23)7-10-24(2)19(25-11-8-17(28)31-22(25)33-25)18(21(29)30-3)20-26(16,24)32-20/h8,11,13-16,18-20,22,27H,4-7,9-10,12H2,1-3H3/t13-,14+,15+,16-,18+,19+,20-,22+,23+,24-,25+,26-/m1/s1. The van der Waals surface area contributed by atoms with Crippen molar-refractivity contribution in [3.8, 4) is 0 Å². The molecule has 7 rings (SSSR count). The second-order valence-corrected chi connectivity index (χ2v) is 12.3. The number of fused-ring (bicyclic) bond motifs is 4. The van der Waals surface area contributed by atoms with Gasteiger partial charge in [-0.05, 0) is 74.2 Å². The van der Waals surface area contributed by atoms with Crippen molar-refractivity contribution < 1.29 is 33.6 Å². The predicted octanol–water partition coefficient (Wildman–Crippen LogP) is 2.74. The molecule has 7 heteroatoms. The summed E-state index contributed by atoms with van der Waals surface area (Å²) in [6, 6.07) is 0. The number of methoxy groups -OCH3 is 1. The number of epoxide rings is 2. The molecule has 6 fully saturated rings. The average Bonchev–Trinajstić information content (AvgIpc) is 3.68. The maximum absolute atomic E-state index is 13.2. The predicted molar refractivity (Wildman–Crippen MR) is 114 cm³/mol. The maximum Gasteiger partial charge on any atom is 0.332 e. The normalized spacial score (nSPS) is 59.8. The Hall–Kier alpha value is -1.44. The van der Waals surface area contributed by atoms with Gasteiger partial charge in [-0.15, -0.1) is 0 Å². The largest absolute Gasteiger partial charge is 0.469 e. The Morgan fingerprint density at radius 2 is 1.94 bits per heavy atom. The molecule has 3 aliphatic heterocycles. The Bertz CT molecular complexity index is 962. The number of aliphatic hydroxyl groups is 1. The van der Waals surface area contributed by atoms with E-state index in [1.807, 2.05) is 6.08 Å². The second-order valence-electron chi connectivity index (χ2n) is 12.3. The molecule has 0 aromatic carbocycles. The lowest BCUT2D eigenvalue weighted by atomic mass is 9.43. The number of carbonyl (C=O) groups excluding carboxylic acids is 2. The summed E-state index contributed by atoms with van der Waals surface area (Å²) in [5.41, 5.74) is -1.17. The molecule has 4 aliphatic carbocycles. The third-order valence-corrected chi connectivity index (χ3v) is 11.4. The van der Waals surface area contributed by atoms with Crippen molar-refractivity contribution in [1.29, 1.82) is 0 Å². The van der Waals surface area contributed by atoms with Crippen LogP contribution in [0.15, 0.2) is 12.2 Å². The SMILES string of the molecule is COC(=O)[C@@H]1[C@H]2O[C@]23[C@@H]2CC[C@@H]4C[C@@H](O)CC[C@]4(C)[C@H]2CC[C@]3(C)[C@H]1[C@@]12C=CC(=O)O[C@H]1O2. The lowest BCUT2D eigenvalue weighted by Crippen LogP contribution is -2.60. The van der Waals surface area contributed by atoms with E-state index in [1.165, 1.54) is 13.2 Å². The van der Waals surface area contributed by atoms with Gasteiger partial charge in [0.25, 0.3) is 0 Å². The number of esters is 2. The lowest BCUT2D eigenvalue weighted by Gasteiger charge is -2.61. The van der Waals surface area contributed by atoms with E-state index in [1.54, 1.807) is 0 Å². The quantitative estimate of drug-likeness (QED) is 0.502. The molecule has 1 spiro atoms. The molecule has 33 heavy (non-hydrogen) atoms. The van der Waals surface area contributed by atoms with Gasteiger partial charge in [0.05, 0.1) is 19.1 Å². The first kappa shape index (κ1) is 20.9. The lowest BCUT2D eigenvalue weighted by molar-refractivity contribution is -0.166. The van der Waals surface area contributed by atoms with E-state index in [2.05, 4.69) is 13.8 Å². The Morgan fingerprint density at radius 1 is 1.12 bits per heavy atom. The topological polar surface area (TPSA) is 97.9 Å². The molecule has 0 aromatic rings. The van der Waals surface area contributed by atoms with Crippen molar-refractivity contribution >= 4 is 11.9 Å². The van der Waals surface area contributed by atoms with E-state index in [0.717, 1.165) is 44.9 Å². The highest BCUT2D eigenvalue weighted by Crippen LogP contribution is 2.80. The number of hydrogen-bond donors (Lipinski definition) is 1. The van der Waals surface area contributed by atoms with Crippen LogP contribution >= 0.6 is 0 Å². The molecule has 180 valence electrons. The van der Waals surface area contributed by atoms with Crippen LogP contribution in [0, 0.1) is 40.4 Å².